The fourth-order valence-electron chi connectivity index (χ4n) is 2.63. The Morgan fingerprint density at radius 1 is 1.27 bits per heavy atom. The molecule has 22 heavy (non-hydrogen) atoms. The molecule has 2 heterocycles. The summed E-state index contributed by atoms with van der Waals surface area (Å²) in [6.07, 6.45) is 1.51. The third-order valence-corrected chi connectivity index (χ3v) is 4.68. The van der Waals surface area contributed by atoms with Gasteiger partial charge < -0.3 is 0 Å². The second-order valence-electron chi connectivity index (χ2n) is 5.12. The zero-order valence-corrected chi connectivity index (χ0v) is 14.0. The van der Waals surface area contributed by atoms with Gasteiger partial charge in [-0.3, -0.25) is 9.36 Å². The van der Waals surface area contributed by atoms with Crippen LogP contribution in [0.15, 0.2) is 40.5 Å². The van der Waals surface area contributed by atoms with Gasteiger partial charge in [0.25, 0.3) is 5.56 Å². The minimum absolute atomic E-state index is 0.0482. The summed E-state index contributed by atoms with van der Waals surface area (Å²) >= 11 is 7.38. The first-order valence-corrected chi connectivity index (χ1v) is 8.80. The van der Waals surface area contributed by atoms with Crippen LogP contribution >= 0.6 is 22.9 Å². The monoisotopic (exact) mass is 332 g/mol. The summed E-state index contributed by atoms with van der Waals surface area (Å²) in [6.45, 7) is 2.74. The molecule has 0 fully saturated rings. The second kappa shape index (κ2) is 6.63. The fourth-order valence-corrected chi connectivity index (χ4v) is 3.75. The minimum Gasteiger partial charge on any atom is -0.296 e. The Balaban J connectivity index is 2.27. The molecule has 5 heteroatoms. The van der Waals surface area contributed by atoms with Crippen molar-refractivity contribution in [3.05, 3.63) is 51.9 Å². The van der Waals surface area contributed by atoms with E-state index < -0.39 is 0 Å². The van der Waals surface area contributed by atoms with Crippen molar-refractivity contribution in [3.63, 3.8) is 0 Å². The van der Waals surface area contributed by atoms with Crippen LogP contribution in [0.1, 0.15) is 19.2 Å². The highest BCUT2D eigenvalue weighted by Crippen LogP contribution is 2.30. The van der Waals surface area contributed by atoms with Gasteiger partial charge in [-0.25, -0.2) is 4.98 Å². The van der Waals surface area contributed by atoms with Gasteiger partial charge in [0.2, 0.25) is 0 Å². The summed E-state index contributed by atoms with van der Waals surface area (Å²) in [5.74, 6) is 1.26. The molecule has 0 N–H and O–H groups in total. The molecule has 3 nitrogen and oxygen atoms in total. The quantitative estimate of drug-likeness (QED) is 0.652. The molecule has 0 saturated heterocycles. The summed E-state index contributed by atoms with van der Waals surface area (Å²) in [7, 11) is 0. The van der Waals surface area contributed by atoms with E-state index in [2.05, 4.69) is 11.9 Å². The number of rotatable bonds is 5. The van der Waals surface area contributed by atoms with Gasteiger partial charge in [0.1, 0.15) is 10.7 Å². The highest BCUT2D eigenvalue weighted by molar-refractivity contribution is 7.17. The van der Waals surface area contributed by atoms with Gasteiger partial charge in [-0.2, -0.15) is 0 Å². The molecule has 3 aromatic rings. The van der Waals surface area contributed by atoms with Crippen LogP contribution in [0.2, 0.25) is 0 Å². The highest BCUT2D eigenvalue weighted by Gasteiger charge is 2.16. The van der Waals surface area contributed by atoms with Crippen LogP contribution in [0.3, 0.4) is 0 Å². The van der Waals surface area contributed by atoms with E-state index in [1.807, 2.05) is 35.7 Å². The molecule has 0 saturated carbocycles. The van der Waals surface area contributed by atoms with Gasteiger partial charge in [0, 0.05) is 29.8 Å². The van der Waals surface area contributed by atoms with Crippen molar-refractivity contribution in [2.45, 2.75) is 26.3 Å². The molecule has 3 rings (SSSR count). The first-order chi connectivity index (χ1) is 10.8. The summed E-state index contributed by atoms with van der Waals surface area (Å²) in [5.41, 5.74) is 2.08. The minimum atomic E-state index is 0.0482. The molecule has 0 amide bonds. The SMILES string of the molecule is CCCn1c(CCCl)nc2scc(-c3ccccc3)c2c1=O. The van der Waals surface area contributed by atoms with Gasteiger partial charge in [-0.05, 0) is 12.0 Å². The van der Waals surface area contributed by atoms with Gasteiger partial charge in [0.05, 0.1) is 5.39 Å². The molecule has 0 spiro atoms. The lowest BCUT2D eigenvalue weighted by atomic mass is 10.1. The third-order valence-electron chi connectivity index (χ3n) is 3.62. The van der Waals surface area contributed by atoms with Crippen molar-refractivity contribution in [1.82, 2.24) is 9.55 Å². The van der Waals surface area contributed by atoms with Crippen LogP contribution in [0.25, 0.3) is 21.3 Å². The van der Waals surface area contributed by atoms with E-state index in [9.17, 15) is 4.79 Å². The van der Waals surface area contributed by atoms with Crippen LogP contribution in [-0.4, -0.2) is 15.4 Å². The van der Waals surface area contributed by atoms with E-state index in [4.69, 9.17) is 11.6 Å². The predicted molar refractivity (Wildman–Crippen MR) is 94.0 cm³/mol. The molecule has 1 aromatic carbocycles. The Morgan fingerprint density at radius 3 is 2.73 bits per heavy atom. The molecule has 0 atom stereocenters. The number of benzene rings is 1. The molecular formula is C17H17ClN2OS. The number of hydrogen-bond acceptors (Lipinski definition) is 3. The summed E-state index contributed by atoms with van der Waals surface area (Å²) in [6, 6.07) is 10.00. The normalized spacial score (nSPS) is 11.2. The van der Waals surface area contributed by atoms with E-state index >= 15 is 0 Å². The number of aryl methyl sites for hydroxylation is 1. The first kappa shape index (κ1) is 15.3. The molecule has 0 aliphatic heterocycles. The largest absolute Gasteiger partial charge is 0.296 e. The Kier molecular flexibility index (Phi) is 4.60. The number of hydrogen-bond donors (Lipinski definition) is 0. The zero-order valence-electron chi connectivity index (χ0n) is 12.4. The maximum Gasteiger partial charge on any atom is 0.262 e. The molecular weight excluding hydrogens is 316 g/mol. The van der Waals surface area contributed by atoms with Crippen molar-refractivity contribution < 1.29 is 0 Å². The fraction of sp³-hybridized carbons (Fsp3) is 0.294. The lowest BCUT2D eigenvalue weighted by Crippen LogP contribution is -2.25. The Morgan fingerprint density at radius 2 is 2.05 bits per heavy atom. The van der Waals surface area contributed by atoms with Gasteiger partial charge in [0.15, 0.2) is 0 Å². The highest BCUT2D eigenvalue weighted by atomic mass is 35.5. The molecule has 2 aromatic heterocycles. The summed E-state index contributed by atoms with van der Waals surface area (Å²) < 4.78 is 1.78. The maximum atomic E-state index is 13.0. The molecule has 0 aliphatic rings. The number of thiophene rings is 1. The number of alkyl halides is 1. The van der Waals surface area contributed by atoms with Crippen LogP contribution in [-0.2, 0) is 13.0 Å². The van der Waals surface area contributed by atoms with Crippen molar-refractivity contribution in [2.75, 3.05) is 5.88 Å². The van der Waals surface area contributed by atoms with Crippen LogP contribution in [0.4, 0.5) is 0 Å². The number of aromatic nitrogens is 2. The van der Waals surface area contributed by atoms with E-state index in [-0.39, 0.29) is 5.56 Å². The lowest BCUT2D eigenvalue weighted by molar-refractivity contribution is 0.611. The van der Waals surface area contributed by atoms with Gasteiger partial charge in [-0.15, -0.1) is 22.9 Å². The van der Waals surface area contributed by atoms with E-state index in [1.54, 1.807) is 4.57 Å². The van der Waals surface area contributed by atoms with Crippen LogP contribution < -0.4 is 5.56 Å². The van der Waals surface area contributed by atoms with Gasteiger partial charge in [-0.1, -0.05) is 37.3 Å². The standard InChI is InChI=1S/C17H17ClN2OS/c1-2-10-20-14(8-9-18)19-16-15(17(20)21)13(11-22-16)12-6-4-3-5-7-12/h3-7,11H,2,8-10H2,1H3. The van der Waals surface area contributed by atoms with E-state index in [0.717, 1.165) is 33.6 Å². The van der Waals surface area contributed by atoms with Crippen molar-refractivity contribution >= 4 is 33.2 Å². The molecule has 0 bridgehead atoms. The first-order valence-electron chi connectivity index (χ1n) is 7.38. The van der Waals surface area contributed by atoms with Crippen molar-refractivity contribution in [1.29, 1.82) is 0 Å². The maximum absolute atomic E-state index is 13.0. The molecule has 0 aliphatic carbocycles. The van der Waals surface area contributed by atoms with Crippen LogP contribution in [0.5, 0.6) is 0 Å². The van der Waals surface area contributed by atoms with Gasteiger partial charge >= 0.3 is 0 Å². The van der Waals surface area contributed by atoms with E-state index in [1.165, 1.54) is 11.3 Å². The topological polar surface area (TPSA) is 34.9 Å². The predicted octanol–water partition coefficient (Wildman–Crippen LogP) is 4.32. The smallest absolute Gasteiger partial charge is 0.262 e. The lowest BCUT2D eigenvalue weighted by Gasteiger charge is -2.11. The Bertz CT molecular complexity index is 839. The average molecular weight is 333 g/mol. The van der Waals surface area contributed by atoms with Crippen molar-refractivity contribution in [2.24, 2.45) is 0 Å². The number of halogens is 1. The van der Waals surface area contributed by atoms with E-state index in [0.29, 0.717) is 18.8 Å². The summed E-state index contributed by atoms with van der Waals surface area (Å²) in [4.78, 5) is 18.4. The molecule has 0 unspecified atom stereocenters. The molecule has 0 radical (unpaired) electrons. The average Bonchev–Trinajstić information content (AvgIpc) is 2.96. The number of nitrogens with zero attached hydrogens (tertiary/aromatic N) is 2. The molecule has 114 valence electrons. The zero-order chi connectivity index (χ0) is 15.5. The number of fused-ring (bicyclic) bond motifs is 1. The second-order valence-corrected chi connectivity index (χ2v) is 6.36. The Labute approximate surface area is 138 Å². The summed E-state index contributed by atoms with van der Waals surface area (Å²) in [5, 5.41) is 2.75. The Hall–Kier alpha value is -1.65. The van der Waals surface area contributed by atoms with Crippen LogP contribution in [0, 0.1) is 0 Å². The van der Waals surface area contributed by atoms with Crippen molar-refractivity contribution in [3.8, 4) is 11.1 Å². The third kappa shape index (κ3) is 2.69.